The van der Waals surface area contributed by atoms with E-state index in [0.717, 1.165) is 19.3 Å². The molecule has 0 spiro atoms. The summed E-state index contributed by atoms with van der Waals surface area (Å²) in [5.41, 5.74) is 0. The van der Waals surface area contributed by atoms with Crippen molar-refractivity contribution < 1.29 is 14.3 Å². The molecule has 5 nitrogen and oxygen atoms in total. The molecular weight excluding hydrogens is 232 g/mol. The number of methoxy groups -OCH3 is 1. The summed E-state index contributed by atoms with van der Waals surface area (Å²) in [5, 5.41) is 6.40. The molecular formula is C13H24N2O3. The Morgan fingerprint density at radius 3 is 2.72 bits per heavy atom. The molecule has 2 rings (SSSR count). The summed E-state index contributed by atoms with van der Waals surface area (Å²) in [7, 11) is 1.66. The van der Waals surface area contributed by atoms with Gasteiger partial charge in [0.25, 0.3) is 0 Å². The minimum absolute atomic E-state index is 0.0167. The number of hydrogen-bond donors (Lipinski definition) is 2. The van der Waals surface area contributed by atoms with Crippen LogP contribution in [0.15, 0.2) is 0 Å². The third-order valence-corrected chi connectivity index (χ3v) is 3.73. The molecule has 0 saturated carbocycles. The zero-order chi connectivity index (χ0) is 12.8. The first-order chi connectivity index (χ1) is 8.78. The molecule has 104 valence electrons. The molecule has 0 radical (unpaired) electrons. The smallest absolute Gasteiger partial charge is 0.246 e. The van der Waals surface area contributed by atoms with Crippen molar-refractivity contribution in [2.75, 3.05) is 26.9 Å². The maximum absolute atomic E-state index is 11.5. The number of carbonyl (C=O) groups excluding carboxylic acids is 1. The van der Waals surface area contributed by atoms with Crippen LogP contribution < -0.4 is 10.6 Å². The van der Waals surface area contributed by atoms with E-state index in [2.05, 4.69) is 10.6 Å². The molecule has 2 unspecified atom stereocenters. The van der Waals surface area contributed by atoms with Crippen LogP contribution in [0, 0.1) is 0 Å². The minimum atomic E-state index is -0.0167. The molecule has 2 atom stereocenters. The van der Waals surface area contributed by atoms with Gasteiger partial charge in [-0.25, -0.2) is 0 Å². The molecule has 2 fully saturated rings. The fraction of sp³-hybridized carbons (Fsp3) is 0.923. The number of piperidine rings is 1. The standard InChI is InChI=1S/C13H24N2O3/c1-17-6-2-5-14-13(16)9-18-12-7-10-3-4-11(8-12)15-10/h10-12,15H,2-9H2,1H3,(H,14,16). The van der Waals surface area contributed by atoms with Gasteiger partial charge in [-0.15, -0.1) is 0 Å². The van der Waals surface area contributed by atoms with Crippen LogP contribution >= 0.6 is 0 Å². The molecule has 0 aromatic rings. The van der Waals surface area contributed by atoms with E-state index in [1.807, 2.05) is 0 Å². The second kappa shape index (κ2) is 7.07. The number of ether oxygens (including phenoxy) is 2. The van der Waals surface area contributed by atoms with Gasteiger partial charge in [-0.3, -0.25) is 4.79 Å². The lowest BCUT2D eigenvalue weighted by atomic mass is 10.0. The third-order valence-electron chi connectivity index (χ3n) is 3.73. The molecule has 2 saturated heterocycles. The molecule has 1 amide bonds. The van der Waals surface area contributed by atoms with E-state index in [9.17, 15) is 4.79 Å². The molecule has 5 heteroatoms. The number of amides is 1. The van der Waals surface area contributed by atoms with Crippen LogP contribution in [-0.2, 0) is 14.3 Å². The van der Waals surface area contributed by atoms with E-state index in [1.165, 1.54) is 12.8 Å². The highest BCUT2D eigenvalue weighted by Crippen LogP contribution is 2.28. The van der Waals surface area contributed by atoms with Gasteiger partial charge in [0.2, 0.25) is 5.91 Å². The fourth-order valence-electron chi connectivity index (χ4n) is 2.83. The van der Waals surface area contributed by atoms with E-state index in [1.54, 1.807) is 7.11 Å². The molecule has 2 heterocycles. The molecule has 0 aromatic carbocycles. The lowest BCUT2D eigenvalue weighted by Crippen LogP contribution is -2.42. The predicted octanol–water partition coefficient (Wildman–Crippen LogP) is 0.439. The Morgan fingerprint density at radius 2 is 2.06 bits per heavy atom. The van der Waals surface area contributed by atoms with Gasteiger partial charge in [0, 0.05) is 32.3 Å². The molecule has 2 aliphatic heterocycles. The number of carbonyl (C=O) groups is 1. The maximum Gasteiger partial charge on any atom is 0.246 e. The molecule has 18 heavy (non-hydrogen) atoms. The summed E-state index contributed by atoms with van der Waals surface area (Å²) >= 11 is 0. The number of nitrogens with one attached hydrogen (secondary N) is 2. The first kappa shape index (κ1) is 13.8. The van der Waals surface area contributed by atoms with Gasteiger partial charge < -0.3 is 20.1 Å². The normalized spacial score (nSPS) is 30.4. The Bertz CT molecular complexity index is 261. The minimum Gasteiger partial charge on any atom is -0.385 e. The van der Waals surface area contributed by atoms with Gasteiger partial charge in [-0.2, -0.15) is 0 Å². The van der Waals surface area contributed by atoms with Crippen molar-refractivity contribution in [3.63, 3.8) is 0 Å². The van der Waals surface area contributed by atoms with Gasteiger partial charge >= 0.3 is 0 Å². The van der Waals surface area contributed by atoms with E-state index in [-0.39, 0.29) is 18.6 Å². The van der Waals surface area contributed by atoms with Crippen LogP contribution in [0.5, 0.6) is 0 Å². The van der Waals surface area contributed by atoms with Crippen LogP contribution in [0.1, 0.15) is 32.1 Å². The third kappa shape index (κ3) is 4.23. The van der Waals surface area contributed by atoms with Crippen molar-refractivity contribution in [3.8, 4) is 0 Å². The van der Waals surface area contributed by atoms with Crippen molar-refractivity contribution >= 4 is 5.91 Å². The van der Waals surface area contributed by atoms with Gasteiger partial charge in [-0.1, -0.05) is 0 Å². The van der Waals surface area contributed by atoms with Crippen LogP contribution in [-0.4, -0.2) is 51.0 Å². The topological polar surface area (TPSA) is 59.6 Å². The summed E-state index contributed by atoms with van der Waals surface area (Å²) < 4.78 is 10.6. The molecule has 0 aliphatic carbocycles. The highest BCUT2D eigenvalue weighted by atomic mass is 16.5. The van der Waals surface area contributed by atoms with E-state index in [4.69, 9.17) is 9.47 Å². The Balaban J connectivity index is 1.55. The highest BCUT2D eigenvalue weighted by molar-refractivity contribution is 5.77. The second-order valence-corrected chi connectivity index (χ2v) is 5.24. The summed E-state index contributed by atoms with van der Waals surface area (Å²) in [6, 6.07) is 1.22. The second-order valence-electron chi connectivity index (χ2n) is 5.24. The van der Waals surface area contributed by atoms with Crippen LogP contribution in [0.4, 0.5) is 0 Å². The first-order valence-electron chi connectivity index (χ1n) is 6.91. The lowest BCUT2D eigenvalue weighted by molar-refractivity contribution is -0.128. The predicted molar refractivity (Wildman–Crippen MR) is 68.4 cm³/mol. The van der Waals surface area contributed by atoms with Crippen LogP contribution in [0.25, 0.3) is 0 Å². The quantitative estimate of drug-likeness (QED) is 0.649. The summed E-state index contributed by atoms with van der Waals surface area (Å²) in [6.45, 7) is 1.53. The number of hydrogen-bond acceptors (Lipinski definition) is 4. The average Bonchev–Trinajstić information content (AvgIpc) is 2.71. The van der Waals surface area contributed by atoms with Crippen LogP contribution in [0.3, 0.4) is 0 Å². The zero-order valence-corrected chi connectivity index (χ0v) is 11.1. The van der Waals surface area contributed by atoms with Crippen molar-refractivity contribution in [2.45, 2.75) is 50.3 Å². The maximum atomic E-state index is 11.5. The summed E-state index contributed by atoms with van der Waals surface area (Å²) in [6.07, 6.45) is 5.72. The monoisotopic (exact) mass is 256 g/mol. The highest BCUT2D eigenvalue weighted by Gasteiger charge is 2.33. The van der Waals surface area contributed by atoms with Gasteiger partial charge in [0.15, 0.2) is 0 Å². The number of rotatable bonds is 7. The molecule has 2 aliphatic rings. The fourth-order valence-corrected chi connectivity index (χ4v) is 2.83. The van der Waals surface area contributed by atoms with Crippen LogP contribution in [0.2, 0.25) is 0 Å². The van der Waals surface area contributed by atoms with Crippen molar-refractivity contribution in [1.29, 1.82) is 0 Å². The Labute approximate surface area is 109 Å². The van der Waals surface area contributed by atoms with Gasteiger partial charge in [0.05, 0.1) is 6.10 Å². The molecule has 0 aromatic heterocycles. The zero-order valence-electron chi connectivity index (χ0n) is 11.1. The lowest BCUT2D eigenvalue weighted by Gasteiger charge is -2.28. The summed E-state index contributed by atoms with van der Waals surface area (Å²) in [4.78, 5) is 11.5. The molecule has 2 N–H and O–H groups in total. The van der Waals surface area contributed by atoms with E-state index >= 15 is 0 Å². The average molecular weight is 256 g/mol. The number of fused-ring (bicyclic) bond motifs is 2. The first-order valence-corrected chi connectivity index (χ1v) is 6.91. The van der Waals surface area contributed by atoms with Gasteiger partial charge in [0.1, 0.15) is 6.61 Å². The Morgan fingerprint density at radius 1 is 1.33 bits per heavy atom. The van der Waals surface area contributed by atoms with Gasteiger partial charge in [-0.05, 0) is 32.1 Å². The van der Waals surface area contributed by atoms with Crippen molar-refractivity contribution in [2.24, 2.45) is 0 Å². The SMILES string of the molecule is COCCCNC(=O)COC1CC2CCC(C1)N2. The van der Waals surface area contributed by atoms with E-state index < -0.39 is 0 Å². The molecule has 2 bridgehead atoms. The Kier molecular flexibility index (Phi) is 5.41. The van der Waals surface area contributed by atoms with Crippen molar-refractivity contribution in [3.05, 3.63) is 0 Å². The van der Waals surface area contributed by atoms with E-state index in [0.29, 0.717) is 25.2 Å². The van der Waals surface area contributed by atoms with Crippen molar-refractivity contribution in [1.82, 2.24) is 10.6 Å². The largest absolute Gasteiger partial charge is 0.385 e. The summed E-state index contributed by atoms with van der Waals surface area (Å²) in [5.74, 6) is -0.0167. The Hall–Kier alpha value is -0.650.